The highest BCUT2D eigenvalue weighted by atomic mass is 32.3. The predicted octanol–water partition coefficient (Wildman–Crippen LogP) is 8.57. The fourth-order valence-corrected chi connectivity index (χ4v) is 9.09. The molecule has 1 aliphatic heterocycles. The van der Waals surface area contributed by atoms with Gasteiger partial charge in [0.1, 0.15) is 6.17 Å². The number of fused-ring (bicyclic) bond motifs is 1. The molecule has 0 bridgehead atoms. The van der Waals surface area contributed by atoms with Crippen LogP contribution in [-0.2, 0) is 32.4 Å². The summed E-state index contributed by atoms with van der Waals surface area (Å²) in [5.41, 5.74) is -1.07. The van der Waals surface area contributed by atoms with Gasteiger partial charge in [0.15, 0.2) is 0 Å². The van der Waals surface area contributed by atoms with E-state index >= 15 is 0 Å². The minimum Gasteiger partial charge on any atom is -0.359 e. The molecule has 0 fully saturated rings. The number of sulfonamides is 2. The van der Waals surface area contributed by atoms with Crippen LogP contribution in [0.5, 0.6) is 0 Å². The number of halogens is 6. The molecule has 0 aromatic heterocycles. The van der Waals surface area contributed by atoms with E-state index < -0.39 is 65.2 Å². The number of nitrogens with one attached hydrogen (secondary N) is 1. The maximum absolute atomic E-state index is 14.1. The smallest absolute Gasteiger partial charge is 0.359 e. The summed E-state index contributed by atoms with van der Waals surface area (Å²) < 4.78 is 138. The maximum Gasteiger partial charge on any atom is 0.416 e. The number of anilines is 4. The Labute approximate surface area is 271 Å². The molecule has 5 aromatic carbocycles. The third-order valence-electron chi connectivity index (χ3n) is 7.51. The molecule has 1 unspecified atom stereocenters. The molecule has 0 amide bonds. The van der Waals surface area contributed by atoms with Crippen LogP contribution in [0.2, 0.25) is 0 Å². The van der Waals surface area contributed by atoms with Gasteiger partial charge in [-0.05, 0) is 72.3 Å². The lowest BCUT2D eigenvalue weighted by Gasteiger charge is -2.27. The number of alkyl halides is 6. The zero-order valence-electron chi connectivity index (χ0n) is 24.3. The Morgan fingerprint density at radius 1 is 0.583 bits per heavy atom. The quantitative estimate of drug-likeness (QED) is 0.171. The molecule has 1 N–H and O–H groups in total. The largest absolute Gasteiger partial charge is 0.416 e. The lowest BCUT2D eigenvalue weighted by molar-refractivity contribution is -0.138. The van der Waals surface area contributed by atoms with Gasteiger partial charge in [-0.15, -0.1) is 0 Å². The summed E-state index contributed by atoms with van der Waals surface area (Å²) >= 11 is 0. The van der Waals surface area contributed by atoms with Crippen LogP contribution in [0.15, 0.2) is 137 Å². The van der Waals surface area contributed by atoms with Gasteiger partial charge in [-0.25, -0.2) is 16.8 Å². The van der Waals surface area contributed by atoms with Crippen LogP contribution in [0, 0.1) is 0 Å². The molecule has 0 aliphatic carbocycles. The molecule has 1 aliphatic rings. The van der Waals surface area contributed by atoms with E-state index in [1.165, 1.54) is 12.1 Å². The zero-order chi connectivity index (χ0) is 34.5. The summed E-state index contributed by atoms with van der Waals surface area (Å²) in [7, 11) is -10.8. The lowest BCUT2D eigenvalue weighted by Crippen LogP contribution is -2.37. The highest BCUT2D eigenvalue weighted by Gasteiger charge is 2.41. The Morgan fingerprint density at radius 2 is 1.08 bits per heavy atom. The summed E-state index contributed by atoms with van der Waals surface area (Å²) in [5, 5.41) is 3.25. The first-order valence-electron chi connectivity index (χ1n) is 14.0. The van der Waals surface area contributed by atoms with Crippen LogP contribution < -0.4 is 13.9 Å². The van der Waals surface area contributed by atoms with Crippen LogP contribution in [0.4, 0.5) is 49.1 Å². The Kier molecular flexibility index (Phi) is 8.15. The predicted molar refractivity (Wildman–Crippen MR) is 168 cm³/mol. The van der Waals surface area contributed by atoms with E-state index in [0.29, 0.717) is 17.8 Å². The molecule has 5 aromatic rings. The first kappa shape index (κ1) is 32.9. The van der Waals surface area contributed by atoms with Crippen molar-refractivity contribution in [2.75, 3.05) is 13.9 Å². The van der Waals surface area contributed by atoms with Gasteiger partial charge >= 0.3 is 12.4 Å². The molecule has 0 saturated carbocycles. The van der Waals surface area contributed by atoms with E-state index in [-0.39, 0.29) is 21.5 Å². The molecule has 7 nitrogen and oxygen atoms in total. The number of hydrogen-bond donors (Lipinski definition) is 1. The molecule has 15 heteroatoms. The average Bonchev–Trinajstić information content (AvgIpc) is 3.44. The standard InChI is InChI=1S/C33H23F6N3O4S2/c34-32(35,36)23-11-7-15-27(19-23)47(43,44)42(48(45,46)28-16-8-12-24(20-28)33(37,38)39)26-17-18-30-29(21-26)40-31(22-9-3-1-4-10-22)41(30)25-13-5-2-6-14-25/h1-21,31,40H. The van der Waals surface area contributed by atoms with Crippen LogP contribution in [-0.4, -0.2) is 16.8 Å². The number of rotatable bonds is 7. The van der Waals surface area contributed by atoms with Crippen molar-refractivity contribution < 1.29 is 43.2 Å². The highest BCUT2D eigenvalue weighted by molar-refractivity contribution is 8.10. The van der Waals surface area contributed by atoms with Gasteiger partial charge in [0.2, 0.25) is 0 Å². The molecular formula is C33H23F6N3O4S2. The van der Waals surface area contributed by atoms with Crippen molar-refractivity contribution in [3.05, 3.63) is 144 Å². The fraction of sp³-hybridized carbons (Fsp3) is 0.0909. The van der Waals surface area contributed by atoms with Crippen molar-refractivity contribution >= 4 is 42.8 Å². The van der Waals surface area contributed by atoms with Crippen molar-refractivity contribution in [3.8, 4) is 0 Å². The number of hydrogen-bond acceptors (Lipinski definition) is 6. The zero-order valence-corrected chi connectivity index (χ0v) is 25.9. The summed E-state index contributed by atoms with van der Waals surface area (Å²) in [6, 6.07) is 26.7. The minimum absolute atomic E-state index is 0.143. The van der Waals surface area contributed by atoms with E-state index in [1.807, 2.05) is 41.3 Å². The van der Waals surface area contributed by atoms with Gasteiger partial charge in [-0.3, -0.25) is 0 Å². The molecule has 0 radical (unpaired) electrons. The highest BCUT2D eigenvalue weighted by Crippen LogP contribution is 2.48. The maximum atomic E-state index is 14.1. The first-order chi connectivity index (χ1) is 22.6. The van der Waals surface area contributed by atoms with Crippen molar-refractivity contribution in [2.24, 2.45) is 0 Å². The van der Waals surface area contributed by atoms with Crippen molar-refractivity contribution in [1.82, 2.24) is 0 Å². The van der Waals surface area contributed by atoms with Gasteiger partial charge in [-0.1, -0.05) is 60.7 Å². The lowest BCUT2D eigenvalue weighted by atomic mass is 10.1. The monoisotopic (exact) mass is 703 g/mol. The Hall–Kier alpha value is -5.02. The third-order valence-corrected chi connectivity index (χ3v) is 11.7. The molecule has 6 rings (SSSR count). The summed E-state index contributed by atoms with van der Waals surface area (Å²) in [4.78, 5) is -0.217. The Morgan fingerprint density at radius 3 is 1.58 bits per heavy atom. The van der Waals surface area contributed by atoms with Crippen molar-refractivity contribution in [2.45, 2.75) is 28.3 Å². The molecule has 1 atom stereocenters. The Balaban J connectivity index is 1.55. The van der Waals surface area contributed by atoms with Crippen LogP contribution >= 0.6 is 0 Å². The molecule has 48 heavy (non-hydrogen) atoms. The fourth-order valence-electron chi connectivity index (χ4n) is 5.32. The van der Waals surface area contributed by atoms with Gasteiger partial charge in [0.25, 0.3) is 20.0 Å². The van der Waals surface area contributed by atoms with Gasteiger partial charge in [-0.2, -0.15) is 30.1 Å². The Bertz CT molecular complexity index is 2110. The van der Waals surface area contributed by atoms with E-state index in [1.54, 1.807) is 24.3 Å². The van der Waals surface area contributed by atoms with Crippen molar-refractivity contribution in [3.63, 3.8) is 0 Å². The van der Waals surface area contributed by atoms with E-state index in [4.69, 9.17) is 0 Å². The van der Waals surface area contributed by atoms with Gasteiger partial charge < -0.3 is 10.2 Å². The normalized spacial score (nSPS) is 15.1. The van der Waals surface area contributed by atoms with Crippen LogP contribution in [0.3, 0.4) is 0 Å². The minimum atomic E-state index is -5.42. The van der Waals surface area contributed by atoms with E-state index in [0.717, 1.165) is 41.6 Å². The molecular weight excluding hydrogens is 681 g/mol. The van der Waals surface area contributed by atoms with Gasteiger partial charge in [0.05, 0.1) is 38.0 Å². The number of nitrogens with zero attached hydrogens (tertiary/aromatic N) is 2. The second-order valence-corrected chi connectivity index (χ2v) is 14.4. The SMILES string of the molecule is O=S(=O)(c1cccc(C(F)(F)F)c1)N(c1ccc2c(c1)NC(c1ccccc1)N2c1ccccc1)S(=O)(=O)c1cccc(C(F)(F)F)c1. The van der Waals surface area contributed by atoms with Crippen LogP contribution in [0.1, 0.15) is 22.9 Å². The van der Waals surface area contributed by atoms with E-state index in [2.05, 4.69) is 5.32 Å². The average molecular weight is 704 g/mol. The van der Waals surface area contributed by atoms with E-state index in [9.17, 15) is 43.2 Å². The summed E-state index contributed by atoms with van der Waals surface area (Å²) in [5.74, 6) is 0. The molecule has 0 saturated heterocycles. The molecule has 248 valence electrons. The third kappa shape index (κ3) is 6.06. The summed E-state index contributed by atoms with van der Waals surface area (Å²) in [6.07, 6.45) is -10.5. The van der Waals surface area contributed by atoms with Gasteiger partial charge in [0, 0.05) is 5.69 Å². The molecule has 1 heterocycles. The molecule has 0 spiro atoms. The number of benzene rings is 5. The first-order valence-corrected chi connectivity index (χ1v) is 16.9. The topological polar surface area (TPSA) is 86.8 Å². The summed E-state index contributed by atoms with van der Waals surface area (Å²) in [6.45, 7) is 0. The second-order valence-electron chi connectivity index (χ2n) is 10.6. The number of para-hydroxylation sites is 1. The van der Waals surface area contributed by atoms with Crippen molar-refractivity contribution in [1.29, 1.82) is 0 Å². The van der Waals surface area contributed by atoms with Crippen LogP contribution in [0.25, 0.3) is 0 Å². The second kappa shape index (κ2) is 11.9.